The molecular formula is C18H26IN5. The minimum absolute atomic E-state index is 0. The molecular weight excluding hydrogens is 413 g/mol. The predicted octanol–water partition coefficient (Wildman–Crippen LogP) is 3.30. The van der Waals surface area contributed by atoms with Gasteiger partial charge in [-0.05, 0) is 37.0 Å². The number of likely N-dealkylation sites (tertiary alicyclic amines) is 1. The molecule has 0 spiro atoms. The van der Waals surface area contributed by atoms with Crippen LogP contribution in [0.5, 0.6) is 0 Å². The summed E-state index contributed by atoms with van der Waals surface area (Å²) in [6.45, 7) is 5.17. The zero-order chi connectivity index (χ0) is 16.1. The van der Waals surface area contributed by atoms with E-state index in [4.69, 9.17) is 0 Å². The summed E-state index contributed by atoms with van der Waals surface area (Å²) >= 11 is 0. The van der Waals surface area contributed by atoms with Crippen LogP contribution in [0.15, 0.2) is 47.6 Å². The number of nitrogens with zero attached hydrogens (tertiary/aromatic N) is 4. The highest BCUT2D eigenvalue weighted by Crippen LogP contribution is 2.15. The number of piperidine rings is 1. The fourth-order valence-corrected chi connectivity index (χ4v) is 3.06. The number of aromatic nitrogens is 2. The third kappa shape index (κ3) is 4.72. The van der Waals surface area contributed by atoms with Gasteiger partial charge in [0.25, 0.3) is 0 Å². The van der Waals surface area contributed by atoms with Crippen molar-refractivity contribution in [2.45, 2.75) is 26.3 Å². The summed E-state index contributed by atoms with van der Waals surface area (Å²) in [5.41, 5.74) is 2.09. The molecule has 1 fully saturated rings. The Labute approximate surface area is 161 Å². The Morgan fingerprint density at radius 1 is 1.29 bits per heavy atom. The molecule has 1 atom stereocenters. The topological polar surface area (TPSA) is 45.5 Å². The van der Waals surface area contributed by atoms with Crippen molar-refractivity contribution in [1.29, 1.82) is 0 Å². The first-order chi connectivity index (χ1) is 11.3. The van der Waals surface area contributed by atoms with Crippen LogP contribution in [0.2, 0.25) is 0 Å². The van der Waals surface area contributed by atoms with Gasteiger partial charge in [-0.15, -0.1) is 24.0 Å². The van der Waals surface area contributed by atoms with Crippen LogP contribution < -0.4 is 5.32 Å². The highest BCUT2D eigenvalue weighted by atomic mass is 127. The molecule has 0 amide bonds. The van der Waals surface area contributed by atoms with Crippen molar-refractivity contribution in [2.75, 3.05) is 20.1 Å². The summed E-state index contributed by atoms with van der Waals surface area (Å²) < 4.78 is 1.91. The first-order valence-corrected chi connectivity index (χ1v) is 8.32. The lowest BCUT2D eigenvalue weighted by atomic mass is 10.0. The van der Waals surface area contributed by atoms with Crippen molar-refractivity contribution in [2.24, 2.45) is 10.9 Å². The van der Waals surface area contributed by atoms with Gasteiger partial charge in [-0.25, -0.2) is 4.68 Å². The lowest BCUT2D eigenvalue weighted by Crippen LogP contribution is -2.45. The second kappa shape index (κ2) is 9.05. The van der Waals surface area contributed by atoms with Crippen molar-refractivity contribution >= 4 is 29.9 Å². The highest BCUT2D eigenvalue weighted by molar-refractivity contribution is 14.0. The van der Waals surface area contributed by atoms with E-state index < -0.39 is 0 Å². The van der Waals surface area contributed by atoms with Crippen molar-refractivity contribution < 1.29 is 0 Å². The lowest BCUT2D eigenvalue weighted by Gasteiger charge is -2.33. The van der Waals surface area contributed by atoms with Crippen LogP contribution in [-0.2, 0) is 6.54 Å². The first kappa shape index (κ1) is 18.8. The van der Waals surface area contributed by atoms with Crippen LogP contribution in [-0.4, -0.2) is 40.8 Å². The summed E-state index contributed by atoms with van der Waals surface area (Å²) in [5.74, 6) is 1.71. The molecule has 2 aromatic rings. The van der Waals surface area contributed by atoms with Crippen LogP contribution >= 0.6 is 24.0 Å². The number of hydrogen-bond acceptors (Lipinski definition) is 2. The van der Waals surface area contributed by atoms with E-state index in [0.717, 1.165) is 36.3 Å². The van der Waals surface area contributed by atoms with Crippen LogP contribution in [0.25, 0.3) is 5.69 Å². The van der Waals surface area contributed by atoms with Crippen LogP contribution in [0.3, 0.4) is 0 Å². The van der Waals surface area contributed by atoms with Gasteiger partial charge in [-0.2, -0.15) is 5.10 Å². The van der Waals surface area contributed by atoms with Gasteiger partial charge in [0, 0.05) is 26.3 Å². The fraction of sp³-hybridized carbons (Fsp3) is 0.444. The second-order valence-electron chi connectivity index (χ2n) is 6.18. The van der Waals surface area contributed by atoms with Gasteiger partial charge in [-0.1, -0.05) is 25.1 Å². The van der Waals surface area contributed by atoms with E-state index in [1.54, 1.807) is 0 Å². The van der Waals surface area contributed by atoms with Crippen LogP contribution in [0.1, 0.15) is 25.5 Å². The van der Waals surface area contributed by atoms with Crippen molar-refractivity contribution in [1.82, 2.24) is 20.0 Å². The van der Waals surface area contributed by atoms with E-state index in [2.05, 4.69) is 39.4 Å². The Bertz CT molecular complexity index is 652. The minimum atomic E-state index is 0. The molecule has 6 heteroatoms. The third-order valence-electron chi connectivity index (χ3n) is 4.26. The molecule has 5 nitrogen and oxygen atoms in total. The molecule has 2 heterocycles. The molecule has 130 valence electrons. The van der Waals surface area contributed by atoms with Gasteiger partial charge in [0.05, 0.1) is 17.9 Å². The highest BCUT2D eigenvalue weighted by Gasteiger charge is 2.19. The molecule has 1 N–H and O–H groups in total. The van der Waals surface area contributed by atoms with Gasteiger partial charge in [-0.3, -0.25) is 4.99 Å². The smallest absolute Gasteiger partial charge is 0.193 e. The summed E-state index contributed by atoms with van der Waals surface area (Å²) in [6, 6.07) is 12.2. The molecule has 0 saturated carbocycles. The van der Waals surface area contributed by atoms with Gasteiger partial charge >= 0.3 is 0 Å². The van der Waals surface area contributed by atoms with Crippen molar-refractivity contribution in [3.8, 4) is 5.69 Å². The number of halogens is 1. The summed E-state index contributed by atoms with van der Waals surface area (Å²) in [5, 5.41) is 8.07. The fourth-order valence-electron chi connectivity index (χ4n) is 3.06. The summed E-state index contributed by atoms with van der Waals surface area (Å²) in [4.78, 5) is 6.77. The number of benzene rings is 1. The Morgan fingerprint density at radius 2 is 2.08 bits per heavy atom. The summed E-state index contributed by atoms with van der Waals surface area (Å²) in [6.07, 6.45) is 4.55. The normalized spacial score (nSPS) is 18.2. The molecule has 24 heavy (non-hydrogen) atoms. The van der Waals surface area contributed by atoms with E-state index in [-0.39, 0.29) is 24.0 Å². The SMILES string of the molecule is CN=C(NCc1ccn(-c2ccccc2)n1)N1CCCC(C)C1.I. The van der Waals surface area contributed by atoms with E-state index in [0.29, 0.717) is 6.54 Å². The molecule has 0 aliphatic carbocycles. The molecule has 1 aromatic heterocycles. The van der Waals surface area contributed by atoms with Crippen molar-refractivity contribution in [3.05, 3.63) is 48.3 Å². The first-order valence-electron chi connectivity index (χ1n) is 8.32. The Morgan fingerprint density at radius 3 is 2.79 bits per heavy atom. The average Bonchev–Trinajstić information content (AvgIpc) is 3.05. The van der Waals surface area contributed by atoms with Crippen LogP contribution in [0.4, 0.5) is 0 Å². The number of rotatable bonds is 3. The zero-order valence-corrected chi connectivity index (χ0v) is 16.7. The van der Waals surface area contributed by atoms with Gasteiger partial charge in [0.15, 0.2) is 5.96 Å². The zero-order valence-electron chi connectivity index (χ0n) is 14.4. The average molecular weight is 439 g/mol. The maximum atomic E-state index is 4.63. The lowest BCUT2D eigenvalue weighted by molar-refractivity contribution is 0.266. The monoisotopic (exact) mass is 439 g/mol. The number of para-hydroxylation sites is 1. The molecule has 1 unspecified atom stereocenters. The minimum Gasteiger partial charge on any atom is -0.351 e. The van der Waals surface area contributed by atoms with Gasteiger partial charge in [0.1, 0.15) is 0 Å². The quantitative estimate of drug-likeness (QED) is 0.454. The molecule has 1 aromatic carbocycles. The molecule has 1 aliphatic heterocycles. The number of aliphatic imine (C=N–C) groups is 1. The number of guanidine groups is 1. The standard InChI is InChI=1S/C18H25N5.HI/c1-15-7-6-11-22(14-15)18(19-2)20-13-16-10-12-23(21-16)17-8-4-3-5-9-17;/h3-5,8-10,12,15H,6-7,11,13-14H2,1-2H3,(H,19,20);1H. The molecule has 0 bridgehead atoms. The largest absolute Gasteiger partial charge is 0.351 e. The van der Waals surface area contributed by atoms with E-state index in [1.807, 2.05) is 42.2 Å². The molecule has 3 rings (SSSR count). The van der Waals surface area contributed by atoms with E-state index in [1.165, 1.54) is 12.8 Å². The van der Waals surface area contributed by atoms with Crippen molar-refractivity contribution in [3.63, 3.8) is 0 Å². The van der Waals surface area contributed by atoms with E-state index >= 15 is 0 Å². The summed E-state index contributed by atoms with van der Waals surface area (Å²) in [7, 11) is 1.85. The van der Waals surface area contributed by atoms with Crippen LogP contribution in [0, 0.1) is 5.92 Å². The number of nitrogens with one attached hydrogen (secondary N) is 1. The Kier molecular flexibility index (Phi) is 7.08. The van der Waals surface area contributed by atoms with Gasteiger partial charge < -0.3 is 10.2 Å². The second-order valence-corrected chi connectivity index (χ2v) is 6.18. The third-order valence-corrected chi connectivity index (χ3v) is 4.26. The Hall–Kier alpha value is -1.57. The molecule has 1 aliphatic rings. The maximum Gasteiger partial charge on any atom is 0.193 e. The Balaban J connectivity index is 0.00000208. The predicted molar refractivity (Wildman–Crippen MR) is 109 cm³/mol. The van der Waals surface area contributed by atoms with E-state index in [9.17, 15) is 0 Å². The number of hydrogen-bond donors (Lipinski definition) is 1. The maximum absolute atomic E-state index is 4.63. The van der Waals surface area contributed by atoms with Gasteiger partial charge in [0.2, 0.25) is 0 Å². The molecule has 0 radical (unpaired) electrons. The molecule has 1 saturated heterocycles.